The fraction of sp³-hybridized carbons (Fsp3) is 0.588. The number of aromatic nitrogens is 1. The third-order valence-corrected chi connectivity index (χ3v) is 9.04. The SMILES string of the molecule is Cc1cc(C2C(C)CC(F)CC2Cl)cc(C(C=NC(=O)C(CC(C)C)n2cc(CCN(C)C)c(C(F)(F)F)cc2=O)CC(=O)O)c1F. The van der Waals surface area contributed by atoms with E-state index in [0.717, 1.165) is 17.0 Å². The van der Waals surface area contributed by atoms with Gasteiger partial charge < -0.3 is 14.6 Å². The highest BCUT2D eigenvalue weighted by Gasteiger charge is 2.37. The van der Waals surface area contributed by atoms with E-state index in [1.54, 1.807) is 38.9 Å². The average Bonchev–Trinajstić information content (AvgIpc) is 2.93. The van der Waals surface area contributed by atoms with Gasteiger partial charge in [0.1, 0.15) is 18.0 Å². The van der Waals surface area contributed by atoms with E-state index in [1.165, 1.54) is 13.0 Å². The molecular weight excluding hydrogens is 645 g/mol. The van der Waals surface area contributed by atoms with Crippen LogP contribution in [0.2, 0.25) is 0 Å². The largest absolute Gasteiger partial charge is 0.481 e. The number of carbonyl (C=O) groups excluding carboxylic acids is 1. The van der Waals surface area contributed by atoms with Gasteiger partial charge in [0.2, 0.25) is 0 Å². The number of aliphatic imine (C=N–C) groups is 1. The van der Waals surface area contributed by atoms with Gasteiger partial charge >= 0.3 is 12.1 Å². The average molecular weight is 688 g/mol. The van der Waals surface area contributed by atoms with Crippen molar-refractivity contribution in [3.63, 3.8) is 0 Å². The number of hydrogen-bond donors (Lipinski definition) is 1. The number of hydrogen-bond acceptors (Lipinski definition) is 4. The van der Waals surface area contributed by atoms with Crippen molar-refractivity contribution in [2.45, 2.75) is 95.4 Å². The molecule has 7 nitrogen and oxygen atoms in total. The zero-order valence-electron chi connectivity index (χ0n) is 27.5. The lowest BCUT2D eigenvalue weighted by Gasteiger charge is -2.36. The van der Waals surface area contributed by atoms with Crippen molar-refractivity contribution in [3.05, 3.63) is 68.4 Å². The molecule has 0 aliphatic heterocycles. The topological polar surface area (TPSA) is 92.0 Å². The van der Waals surface area contributed by atoms with E-state index in [9.17, 15) is 37.1 Å². The van der Waals surface area contributed by atoms with E-state index in [-0.39, 0.29) is 66.7 Å². The Morgan fingerprint density at radius 3 is 2.40 bits per heavy atom. The zero-order valence-corrected chi connectivity index (χ0v) is 28.2. The second-order valence-electron chi connectivity index (χ2n) is 13.3. The number of likely N-dealkylation sites (N-methyl/N-ethyl adjacent to an activating group) is 1. The van der Waals surface area contributed by atoms with E-state index in [1.807, 2.05) is 6.92 Å². The van der Waals surface area contributed by atoms with Gasteiger partial charge in [-0.2, -0.15) is 13.2 Å². The summed E-state index contributed by atoms with van der Waals surface area (Å²) in [4.78, 5) is 44.2. The van der Waals surface area contributed by atoms with Gasteiger partial charge in [-0.25, -0.2) is 13.8 Å². The fourth-order valence-corrected chi connectivity index (χ4v) is 6.91. The molecule has 0 radical (unpaired) electrons. The maximum atomic E-state index is 15.6. The minimum absolute atomic E-state index is 0.0320. The van der Waals surface area contributed by atoms with E-state index >= 15 is 4.39 Å². The maximum Gasteiger partial charge on any atom is 0.416 e. The summed E-state index contributed by atoms with van der Waals surface area (Å²) in [5, 5.41) is 9.12. The number of nitrogens with zero attached hydrogens (tertiary/aromatic N) is 3. The molecule has 1 aromatic heterocycles. The number of rotatable bonds is 12. The molecule has 13 heteroatoms. The van der Waals surface area contributed by atoms with Crippen molar-refractivity contribution in [3.8, 4) is 0 Å². The second-order valence-corrected chi connectivity index (χ2v) is 13.9. The Labute approximate surface area is 276 Å². The van der Waals surface area contributed by atoms with E-state index in [0.29, 0.717) is 11.6 Å². The van der Waals surface area contributed by atoms with Crippen LogP contribution in [0.4, 0.5) is 22.0 Å². The lowest BCUT2D eigenvalue weighted by molar-refractivity contribution is -0.138. The molecule has 0 bridgehead atoms. The summed E-state index contributed by atoms with van der Waals surface area (Å²) < 4.78 is 72.3. The normalized spacial score (nSPS) is 21.8. The van der Waals surface area contributed by atoms with Crippen LogP contribution in [0, 0.1) is 24.6 Å². The zero-order chi connectivity index (χ0) is 35.4. The summed E-state index contributed by atoms with van der Waals surface area (Å²) >= 11 is 6.55. The first-order valence-electron chi connectivity index (χ1n) is 15.6. The summed E-state index contributed by atoms with van der Waals surface area (Å²) in [7, 11) is 3.39. The Morgan fingerprint density at radius 2 is 1.85 bits per heavy atom. The van der Waals surface area contributed by atoms with Crippen LogP contribution in [-0.2, 0) is 22.2 Å². The molecule has 260 valence electrons. The van der Waals surface area contributed by atoms with E-state index in [4.69, 9.17) is 11.6 Å². The van der Waals surface area contributed by atoms with Gasteiger partial charge in [-0.15, -0.1) is 11.6 Å². The maximum absolute atomic E-state index is 15.6. The minimum Gasteiger partial charge on any atom is -0.481 e. The van der Waals surface area contributed by atoms with Crippen molar-refractivity contribution in [2.75, 3.05) is 20.6 Å². The minimum atomic E-state index is -4.79. The van der Waals surface area contributed by atoms with E-state index in [2.05, 4.69) is 4.99 Å². The molecule has 1 aliphatic carbocycles. The molecule has 1 fully saturated rings. The number of aliphatic carboxylic acids is 1. The molecule has 6 unspecified atom stereocenters. The molecule has 47 heavy (non-hydrogen) atoms. The van der Waals surface area contributed by atoms with Gasteiger partial charge in [0.05, 0.1) is 12.0 Å². The highest BCUT2D eigenvalue weighted by molar-refractivity contribution is 6.21. The van der Waals surface area contributed by atoms with Gasteiger partial charge in [0.25, 0.3) is 11.5 Å². The molecule has 1 saturated carbocycles. The molecule has 1 N–H and O–H groups in total. The Morgan fingerprint density at radius 1 is 1.19 bits per heavy atom. The predicted octanol–water partition coefficient (Wildman–Crippen LogP) is 7.32. The smallest absolute Gasteiger partial charge is 0.416 e. The van der Waals surface area contributed by atoms with Gasteiger partial charge in [-0.1, -0.05) is 32.9 Å². The Bertz CT molecular complexity index is 1510. The molecule has 0 saturated heterocycles. The molecule has 3 rings (SSSR count). The molecule has 1 amide bonds. The van der Waals surface area contributed by atoms with Gasteiger partial charge in [-0.3, -0.25) is 14.4 Å². The number of pyridine rings is 1. The highest BCUT2D eigenvalue weighted by Crippen LogP contribution is 2.43. The summed E-state index contributed by atoms with van der Waals surface area (Å²) in [6.07, 6.45) is -4.02. The van der Waals surface area contributed by atoms with Gasteiger partial charge in [0.15, 0.2) is 0 Å². The highest BCUT2D eigenvalue weighted by atomic mass is 35.5. The number of carboxylic acid groups (broad SMARTS) is 1. The van der Waals surface area contributed by atoms with Crippen molar-refractivity contribution in [1.82, 2.24) is 9.47 Å². The predicted molar refractivity (Wildman–Crippen MR) is 172 cm³/mol. The molecular formula is C34H43ClF5N3O4. The van der Waals surface area contributed by atoms with Crippen LogP contribution in [0.25, 0.3) is 0 Å². The summed E-state index contributed by atoms with van der Waals surface area (Å²) in [6, 6.07) is 2.28. The van der Waals surface area contributed by atoms with E-state index < -0.39 is 64.9 Å². The number of carbonyl (C=O) groups is 2. The molecule has 0 spiro atoms. The van der Waals surface area contributed by atoms with Crippen molar-refractivity contribution >= 4 is 29.7 Å². The van der Waals surface area contributed by atoms with Crippen molar-refractivity contribution in [1.29, 1.82) is 0 Å². The number of halogens is 6. The number of aryl methyl sites for hydroxylation is 1. The first kappa shape index (κ1) is 38.3. The Hall–Kier alpha value is -3.12. The molecule has 6 atom stereocenters. The lowest BCUT2D eigenvalue weighted by Crippen LogP contribution is -2.32. The third kappa shape index (κ3) is 9.95. The Balaban J connectivity index is 2.08. The van der Waals surface area contributed by atoms with Crippen LogP contribution in [0.3, 0.4) is 0 Å². The standard InChI is InChI=1S/C34H43ClF5N3O4/c1-18(2)9-28(43-17-21(7-8-42(5)6)26(15-29(43)44)34(38,39)40)33(47)41-16-23(13-30(45)46)25-12-22(10-20(4)32(25)37)31-19(3)11-24(36)14-27(31)35/h10,12,15-19,23-24,27-28,31H,7-9,11,13-14H2,1-6H3,(H,45,46). The molecule has 1 aliphatic rings. The van der Waals surface area contributed by atoms with Gasteiger partial charge in [0, 0.05) is 42.2 Å². The Kier molecular flexibility index (Phi) is 12.9. The van der Waals surface area contributed by atoms with Crippen LogP contribution < -0.4 is 5.56 Å². The monoisotopic (exact) mass is 687 g/mol. The summed E-state index contributed by atoms with van der Waals surface area (Å²) in [5.74, 6) is -4.77. The number of alkyl halides is 5. The summed E-state index contributed by atoms with van der Waals surface area (Å²) in [6.45, 7) is 7.15. The van der Waals surface area contributed by atoms with Gasteiger partial charge in [-0.05, 0) is 80.8 Å². The quantitative estimate of drug-likeness (QED) is 0.143. The number of carboxylic acids is 1. The first-order valence-corrected chi connectivity index (χ1v) is 16.1. The first-order chi connectivity index (χ1) is 21.8. The van der Waals surface area contributed by atoms with Crippen molar-refractivity contribution < 1.29 is 36.6 Å². The van der Waals surface area contributed by atoms with Crippen LogP contribution in [0.5, 0.6) is 0 Å². The fourth-order valence-electron chi connectivity index (χ4n) is 6.32. The number of benzene rings is 1. The lowest BCUT2D eigenvalue weighted by atomic mass is 9.74. The molecule has 1 heterocycles. The second kappa shape index (κ2) is 15.9. The number of amides is 1. The molecule has 2 aromatic rings. The van der Waals surface area contributed by atoms with Crippen molar-refractivity contribution in [2.24, 2.45) is 16.8 Å². The summed E-state index contributed by atoms with van der Waals surface area (Å²) in [5.41, 5.74) is -1.48. The van der Waals surface area contributed by atoms with Crippen LogP contribution in [-0.4, -0.2) is 64.9 Å². The molecule has 1 aromatic carbocycles. The van der Waals surface area contributed by atoms with Crippen LogP contribution in [0.1, 0.15) is 92.1 Å². The van der Waals surface area contributed by atoms with Crippen LogP contribution >= 0.6 is 11.6 Å². The third-order valence-electron chi connectivity index (χ3n) is 8.59. The van der Waals surface area contributed by atoms with Crippen LogP contribution in [0.15, 0.2) is 34.2 Å².